The minimum Gasteiger partial charge on any atom is -0.341 e. The molecule has 2 rings (SSSR count). The van der Waals surface area contributed by atoms with Crippen LogP contribution in [0.1, 0.15) is 24.1 Å². The van der Waals surface area contributed by atoms with E-state index in [9.17, 15) is 4.79 Å². The van der Waals surface area contributed by atoms with E-state index in [0.29, 0.717) is 12.3 Å². The highest BCUT2D eigenvalue weighted by atomic mass is 32.1. The van der Waals surface area contributed by atoms with Gasteiger partial charge in [0.15, 0.2) is 0 Å². The zero-order valence-electron chi connectivity index (χ0n) is 10.3. The number of hydrogen-bond donors (Lipinski definition) is 1. The molecule has 94 valence electrons. The normalized spacial score (nSPS) is 19.5. The molecule has 1 aliphatic rings. The molecule has 1 aliphatic heterocycles. The summed E-state index contributed by atoms with van der Waals surface area (Å²) in [6.07, 6.45) is 2.94. The Morgan fingerprint density at radius 2 is 2.53 bits per heavy atom. The topological polar surface area (TPSA) is 32.3 Å². The molecular weight excluding hydrogens is 232 g/mol. The standard InChI is InChI=1S/C13H20N2OS/c1-15(10-12-3-2-8-17-12)13(16)5-4-11-6-7-14-9-11/h2-3,8,11,14H,4-7,9-10H2,1H3. The lowest BCUT2D eigenvalue weighted by molar-refractivity contribution is -0.130. The summed E-state index contributed by atoms with van der Waals surface area (Å²) in [5.74, 6) is 0.972. The van der Waals surface area contributed by atoms with Crippen LogP contribution in [0.25, 0.3) is 0 Å². The first-order valence-corrected chi connectivity index (χ1v) is 7.10. The van der Waals surface area contributed by atoms with E-state index in [1.807, 2.05) is 18.0 Å². The highest BCUT2D eigenvalue weighted by Crippen LogP contribution is 2.16. The molecule has 0 aromatic carbocycles. The fraction of sp³-hybridized carbons (Fsp3) is 0.615. The predicted molar refractivity (Wildman–Crippen MR) is 71.0 cm³/mol. The van der Waals surface area contributed by atoms with Crippen molar-refractivity contribution in [3.05, 3.63) is 22.4 Å². The van der Waals surface area contributed by atoms with Gasteiger partial charge in [-0.05, 0) is 43.3 Å². The first-order chi connectivity index (χ1) is 8.25. The maximum atomic E-state index is 11.9. The third-order valence-corrected chi connectivity index (χ3v) is 4.19. The van der Waals surface area contributed by atoms with Crippen molar-refractivity contribution in [1.82, 2.24) is 10.2 Å². The van der Waals surface area contributed by atoms with E-state index in [1.165, 1.54) is 11.3 Å². The van der Waals surface area contributed by atoms with Gasteiger partial charge in [-0.15, -0.1) is 11.3 Å². The minimum atomic E-state index is 0.269. The predicted octanol–water partition coefficient (Wildman–Crippen LogP) is 2.10. The molecule has 1 saturated heterocycles. The quantitative estimate of drug-likeness (QED) is 0.870. The van der Waals surface area contributed by atoms with Crippen molar-refractivity contribution in [2.24, 2.45) is 5.92 Å². The lowest BCUT2D eigenvalue weighted by Crippen LogP contribution is -2.26. The molecule has 3 nitrogen and oxygen atoms in total. The zero-order valence-corrected chi connectivity index (χ0v) is 11.1. The number of rotatable bonds is 5. The van der Waals surface area contributed by atoms with E-state index in [4.69, 9.17) is 0 Å². The maximum absolute atomic E-state index is 11.9. The summed E-state index contributed by atoms with van der Waals surface area (Å²) in [5, 5.41) is 5.39. The zero-order chi connectivity index (χ0) is 12.1. The van der Waals surface area contributed by atoms with Crippen LogP contribution >= 0.6 is 11.3 Å². The first-order valence-electron chi connectivity index (χ1n) is 6.23. The lowest BCUT2D eigenvalue weighted by atomic mass is 10.0. The molecule has 4 heteroatoms. The Hall–Kier alpha value is -0.870. The highest BCUT2D eigenvalue weighted by molar-refractivity contribution is 7.09. The van der Waals surface area contributed by atoms with Gasteiger partial charge in [0.25, 0.3) is 0 Å². The minimum absolute atomic E-state index is 0.269. The van der Waals surface area contributed by atoms with Crippen LogP contribution in [0.2, 0.25) is 0 Å². The molecule has 1 N–H and O–H groups in total. The van der Waals surface area contributed by atoms with Crippen molar-refractivity contribution in [3.63, 3.8) is 0 Å². The van der Waals surface area contributed by atoms with E-state index < -0.39 is 0 Å². The average molecular weight is 252 g/mol. The molecule has 0 radical (unpaired) electrons. The summed E-state index contributed by atoms with van der Waals surface area (Å²) in [7, 11) is 1.90. The number of carbonyl (C=O) groups excluding carboxylic acids is 1. The van der Waals surface area contributed by atoms with Gasteiger partial charge in [-0.1, -0.05) is 6.07 Å². The Labute approximate surface area is 107 Å². The van der Waals surface area contributed by atoms with Crippen molar-refractivity contribution < 1.29 is 4.79 Å². The van der Waals surface area contributed by atoms with Crippen LogP contribution in [0.4, 0.5) is 0 Å². The van der Waals surface area contributed by atoms with E-state index in [1.54, 1.807) is 11.3 Å². The van der Waals surface area contributed by atoms with Gasteiger partial charge in [0.1, 0.15) is 0 Å². The largest absolute Gasteiger partial charge is 0.341 e. The molecule has 1 amide bonds. The number of thiophene rings is 1. The fourth-order valence-corrected chi connectivity index (χ4v) is 2.96. The van der Waals surface area contributed by atoms with E-state index in [-0.39, 0.29) is 5.91 Å². The molecule has 0 spiro atoms. The van der Waals surface area contributed by atoms with Crippen LogP contribution in [0.3, 0.4) is 0 Å². The van der Waals surface area contributed by atoms with E-state index in [0.717, 1.165) is 26.1 Å². The molecular formula is C13H20N2OS. The van der Waals surface area contributed by atoms with Crippen LogP contribution in [0.5, 0.6) is 0 Å². The second kappa shape index (κ2) is 6.17. The molecule has 0 aliphatic carbocycles. The van der Waals surface area contributed by atoms with Crippen molar-refractivity contribution >= 4 is 17.2 Å². The Bertz CT molecular complexity index is 344. The van der Waals surface area contributed by atoms with Crippen LogP contribution in [0, 0.1) is 5.92 Å². The smallest absolute Gasteiger partial charge is 0.222 e. The van der Waals surface area contributed by atoms with Gasteiger partial charge < -0.3 is 10.2 Å². The summed E-state index contributed by atoms with van der Waals surface area (Å²) in [4.78, 5) is 15.0. The fourth-order valence-electron chi connectivity index (χ4n) is 2.20. The van der Waals surface area contributed by atoms with Crippen LogP contribution in [-0.4, -0.2) is 30.9 Å². The van der Waals surface area contributed by atoms with Gasteiger partial charge >= 0.3 is 0 Å². The van der Waals surface area contributed by atoms with Gasteiger partial charge in [0.05, 0.1) is 6.54 Å². The van der Waals surface area contributed by atoms with Crippen LogP contribution in [-0.2, 0) is 11.3 Å². The van der Waals surface area contributed by atoms with Crippen molar-refractivity contribution in [2.45, 2.75) is 25.8 Å². The molecule has 0 saturated carbocycles. The molecule has 17 heavy (non-hydrogen) atoms. The van der Waals surface area contributed by atoms with Crippen LogP contribution in [0.15, 0.2) is 17.5 Å². The summed E-state index contributed by atoms with van der Waals surface area (Å²) in [5.41, 5.74) is 0. The third-order valence-electron chi connectivity index (χ3n) is 3.33. The van der Waals surface area contributed by atoms with Gasteiger partial charge in [0, 0.05) is 18.3 Å². The van der Waals surface area contributed by atoms with Gasteiger partial charge in [-0.3, -0.25) is 4.79 Å². The molecule has 1 unspecified atom stereocenters. The van der Waals surface area contributed by atoms with E-state index >= 15 is 0 Å². The number of nitrogens with zero attached hydrogens (tertiary/aromatic N) is 1. The second-order valence-electron chi connectivity index (χ2n) is 4.73. The summed E-state index contributed by atoms with van der Waals surface area (Å²) < 4.78 is 0. The Kier molecular flexibility index (Phi) is 4.57. The van der Waals surface area contributed by atoms with E-state index in [2.05, 4.69) is 16.8 Å². The summed E-state index contributed by atoms with van der Waals surface area (Å²) in [6, 6.07) is 4.11. The Balaban J connectivity index is 1.71. The Morgan fingerprint density at radius 3 is 3.18 bits per heavy atom. The number of carbonyl (C=O) groups is 1. The average Bonchev–Trinajstić information content (AvgIpc) is 2.98. The Morgan fingerprint density at radius 1 is 1.65 bits per heavy atom. The number of nitrogens with one attached hydrogen (secondary N) is 1. The van der Waals surface area contributed by atoms with Gasteiger partial charge in [-0.2, -0.15) is 0 Å². The maximum Gasteiger partial charge on any atom is 0.222 e. The SMILES string of the molecule is CN(Cc1cccs1)C(=O)CCC1CCNC1. The van der Waals surface area contributed by atoms with Crippen molar-refractivity contribution in [1.29, 1.82) is 0 Å². The number of hydrogen-bond acceptors (Lipinski definition) is 3. The third kappa shape index (κ3) is 3.82. The summed E-state index contributed by atoms with van der Waals surface area (Å²) in [6.45, 7) is 2.95. The van der Waals surface area contributed by atoms with Gasteiger partial charge in [-0.25, -0.2) is 0 Å². The lowest BCUT2D eigenvalue weighted by Gasteiger charge is -2.17. The summed E-state index contributed by atoms with van der Waals surface area (Å²) >= 11 is 1.71. The second-order valence-corrected chi connectivity index (χ2v) is 5.76. The van der Waals surface area contributed by atoms with Crippen LogP contribution < -0.4 is 5.32 Å². The molecule has 1 atom stereocenters. The van der Waals surface area contributed by atoms with Crippen molar-refractivity contribution in [3.8, 4) is 0 Å². The monoisotopic (exact) mass is 252 g/mol. The first kappa shape index (κ1) is 12.6. The molecule has 2 heterocycles. The van der Waals surface area contributed by atoms with Crippen molar-refractivity contribution in [2.75, 3.05) is 20.1 Å². The highest BCUT2D eigenvalue weighted by Gasteiger charge is 2.17. The molecule has 1 fully saturated rings. The molecule has 1 aromatic rings. The number of amides is 1. The molecule has 0 bridgehead atoms. The van der Waals surface area contributed by atoms with Gasteiger partial charge in [0.2, 0.25) is 5.91 Å². The molecule has 1 aromatic heterocycles.